The molecule has 0 amide bonds. The van der Waals surface area contributed by atoms with Crippen LogP contribution in [0.3, 0.4) is 0 Å². The van der Waals surface area contributed by atoms with Crippen molar-refractivity contribution in [1.29, 1.82) is 0 Å². The number of benzene rings is 1. The summed E-state index contributed by atoms with van der Waals surface area (Å²) in [7, 11) is 0. The predicted molar refractivity (Wildman–Crippen MR) is 63.7 cm³/mol. The Morgan fingerprint density at radius 1 is 1.31 bits per heavy atom. The molecule has 0 saturated carbocycles. The van der Waals surface area contributed by atoms with E-state index < -0.39 is 0 Å². The Kier molecular flexibility index (Phi) is 2.62. The van der Waals surface area contributed by atoms with Crippen LogP contribution in [0.15, 0.2) is 35.3 Å². The van der Waals surface area contributed by atoms with E-state index in [-0.39, 0.29) is 0 Å². The second-order valence-electron chi connectivity index (χ2n) is 4.40. The number of nitrogens with zero attached hydrogens (tertiary/aromatic N) is 1. The van der Waals surface area contributed by atoms with Gasteiger partial charge in [0.2, 0.25) is 0 Å². The Hall–Kier alpha value is -1.35. The fraction of sp³-hybridized carbons (Fsp3) is 0.462. The molecule has 2 unspecified atom stereocenters. The lowest BCUT2D eigenvalue weighted by atomic mass is 10.1. The van der Waals surface area contributed by atoms with Crippen molar-refractivity contribution in [2.45, 2.75) is 25.0 Å². The standard InChI is InChI=1S/C13H16N2O/c1-2-4-10(5-3-1)8-13-15-11-9-14-7-6-12(11)16-13/h1-5,11-12,14H,6-9H2. The van der Waals surface area contributed by atoms with Crippen LogP contribution in [-0.2, 0) is 11.2 Å². The van der Waals surface area contributed by atoms with Gasteiger partial charge in [-0.25, -0.2) is 4.99 Å². The minimum absolute atomic E-state index is 0.319. The maximum atomic E-state index is 5.88. The maximum Gasteiger partial charge on any atom is 0.188 e. The first-order valence-electron chi connectivity index (χ1n) is 5.90. The van der Waals surface area contributed by atoms with Crippen molar-refractivity contribution < 1.29 is 4.74 Å². The van der Waals surface area contributed by atoms with Crippen LogP contribution in [0.4, 0.5) is 0 Å². The number of hydrogen-bond donors (Lipinski definition) is 1. The van der Waals surface area contributed by atoms with E-state index in [1.165, 1.54) is 5.56 Å². The fourth-order valence-electron chi connectivity index (χ4n) is 2.33. The third kappa shape index (κ3) is 1.95. The summed E-state index contributed by atoms with van der Waals surface area (Å²) in [5.41, 5.74) is 1.27. The molecule has 2 heterocycles. The van der Waals surface area contributed by atoms with E-state index in [4.69, 9.17) is 4.74 Å². The summed E-state index contributed by atoms with van der Waals surface area (Å²) >= 11 is 0. The van der Waals surface area contributed by atoms with Crippen LogP contribution in [0.2, 0.25) is 0 Å². The van der Waals surface area contributed by atoms with Gasteiger partial charge in [0.15, 0.2) is 5.90 Å². The van der Waals surface area contributed by atoms with Crippen LogP contribution in [0.5, 0.6) is 0 Å². The van der Waals surface area contributed by atoms with Crippen molar-refractivity contribution in [3.63, 3.8) is 0 Å². The molecule has 1 saturated heterocycles. The highest BCUT2D eigenvalue weighted by Gasteiger charge is 2.32. The molecule has 1 aromatic rings. The third-order valence-corrected chi connectivity index (χ3v) is 3.18. The summed E-state index contributed by atoms with van der Waals surface area (Å²) < 4.78 is 5.88. The summed E-state index contributed by atoms with van der Waals surface area (Å²) in [6, 6.07) is 10.7. The van der Waals surface area contributed by atoms with Crippen molar-refractivity contribution in [2.24, 2.45) is 4.99 Å². The lowest BCUT2D eigenvalue weighted by Crippen LogP contribution is -2.41. The number of hydrogen-bond acceptors (Lipinski definition) is 3. The Morgan fingerprint density at radius 3 is 3.00 bits per heavy atom. The van der Waals surface area contributed by atoms with Crippen LogP contribution in [0.1, 0.15) is 12.0 Å². The zero-order chi connectivity index (χ0) is 10.8. The van der Waals surface area contributed by atoms with Crippen LogP contribution < -0.4 is 5.32 Å². The monoisotopic (exact) mass is 216 g/mol. The summed E-state index contributed by atoms with van der Waals surface area (Å²) in [6.45, 7) is 2.01. The molecule has 0 radical (unpaired) electrons. The quantitative estimate of drug-likeness (QED) is 0.810. The van der Waals surface area contributed by atoms with Gasteiger partial charge in [-0.3, -0.25) is 0 Å². The molecule has 2 aliphatic heterocycles. The van der Waals surface area contributed by atoms with Crippen LogP contribution in [0, 0.1) is 0 Å². The Bertz CT molecular complexity index is 388. The van der Waals surface area contributed by atoms with Crippen LogP contribution >= 0.6 is 0 Å². The average Bonchev–Trinajstić information content (AvgIpc) is 2.72. The van der Waals surface area contributed by atoms with Crippen LogP contribution in [-0.4, -0.2) is 31.1 Å². The molecule has 1 N–H and O–H groups in total. The van der Waals surface area contributed by atoms with Gasteiger partial charge in [0.1, 0.15) is 12.1 Å². The Labute approximate surface area is 95.5 Å². The summed E-state index contributed by atoms with van der Waals surface area (Å²) in [4.78, 5) is 4.64. The molecule has 2 aliphatic rings. The minimum atomic E-state index is 0.319. The molecule has 0 aliphatic carbocycles. The minimum Gasteiger partial charge on any atom is -0.475 e. The van der Waals surface area contributed by atoms with Gasteiger partial charge in [-0.15, -0.1) is 0 Å². The van der Waals surface area contributed by atoms with Crippen molar-refractivity contribution in [1.82, 2.24) is 5.32 Å². The molecule has 1 aromatic carbocycles. The van der Waals surface area contributed by atoms with Crippen molar-refractivity contribution >= 4 is 5.90 Å². The molecule has 2 atom stereocenters. The first kappa shape index (κ1) is 9.85. The molecule has 0 aromatic heterocycles. The van der Waals surface area contributed by atoms with Gasteiger partial charge >= 0.3 is 0 Å². The highest BCUT2D eigenvalue weighted by Crippen LogP contribution is 2.20. The third-order valence-electron chi connectivity index (χ3n) is 3.18. The van der Waals surface area contributed by atoms with Crippen molar-refractivity contribution in [3.8, 4) is 0 Å². The van der Waals surface area contributed by atoms with Gasteiger partial charge in [0.05, 0.1) is 0 Å². The summed E-state index contributed by atoms with van der Waals surface area (Å²) in [5, 5.41) is 3.35. The van der Waals surface area contributed by atoms with Crippen molar-refractivity contribution in [3.05, 3.63) is 35.9 Å². The zero-order valence-electron chi connectivity index (χ0n) is 9.23. The Morgan fingerprint density at radius 2 is 2.19 bits per heavy atom. The van der Waals surface area contributed by atoms with Crippen molar-refractivity contribution in [2.75, 3.05) is 13.1 Å². The molecule has 3 rings (SSSR count). The highest BCUT2D eigenvalue weighted by atomic mass is 16.5. The second-order valence-corrected chi connectivity index (χ2v) is 4.40. The number of ether oxygens (including phenoxy) is 1. The number of nitrogens with one attached hydrogen (secondary N) is 1. The lowest BCUT2D eigenvalue weighted by Gasteiger charge is -2.23. The first-order chi connectivity index (χ1) is 7.92. The SMILES string of the molecule is c1ccc(CC2=NC3CNCCC3O2)cc1. The van der Waals surface area contributed by atoms with Gasteiger partial charge in [-0.1, -0.05) is 30.3 Å². The summed E-state index contributed by atoms with van der Waals surface area (Å²) in [6.07, 6.45) is 2.22. The molecule has 1 fully saturated rings. The number of piperidine rings is 1. The van der Waals surface area contributed by atoms with Crippen LogP contribution in [0.25, 0.3) is 0 Å². The molecular weight excluding hydrogens is 200 g/mol. The largest absolute Gasteiger partial charge is 0.475 e. The molecule has 3 nitrogen and oxygen atoms in total. The van der Waals surface area contributed by atoms with Gasteiger partial charge < -0.3 is 10.1 Å². The molecule has 0 spiro atoms. The molecule has 84 valence electrons. The topological polar surface area (TPSA) is 33.6 Å². The fourth-order valence-corrected chi connectivity index (χ4v) is 2.33. The second kappa shape index (κ2) is 4.26. The van der Waals surface area contributed by atoms with Gasteiger partial charge in [-0.05, 0) is 18.5 Å². The van der Waals surface area contributed by atoms with E-state index in [2.05, 4.69) is 34.6 Å². The maximum absolute atomic E-state index is 5.88. The van der Waals surface area contributed by atoms with E-state index >= 15 is 0 Å². The average molecular weight is 216 g/mol. The van der Waals surface area contributed by atoms with E-state index in [1.54, 1.807) is 0 Å². The molecule has 0 bridgehead atoms. The van der Waals surface area contributed by atoms with Gasteiger partial charge in [0, 0.05) is 13.0 Å². The number of fused-ring (bicyclic) bond motifs is 1. The first-order valence-corrected chi connectivity index (χ1v) is 5.90. The number of rotatable bonds is 2. The lowest BCUT2D eigenvalue weighted by molar-refractivity contribution is 0.158. The predicted octanol–water partition coefficient (Wildman–Crippen LogP) is 1.39. The van der Waals surface area contributed by atoms with Gasteiger partial charge in [0.25, 0.3) is 0 Å². The van der Waals surface area contributed by atoms with Gasteiger partial charge in [-0.2, -0.15) is 0 Å². The molecule has 3 heteroatoms. The summed E-state index contributed by atoms with van der Waals surface area (Å²) in [5.74, 6) is 0.907. The molecular formula is C13H16N2O. The van der Waals surface area contributed by atoms with E-state index in [1.807, 2.05) is 6.07 Å². The zero-order valence-corrected chi connectivity index (χ0v) is 9.23. The Balaban J connectivity index is 1.68. The normalized spacial score (nSPS) is 28.1. The molecule has 16 heavy (non-hydrogen) atoms. The van der Waals surface area contributed by atoms with E-state index in [0.717, 1.165) is 31.8 Å². The van der Waals surface area contributed by atoms with E-state index in [0.29, 0.717) is 12.1 Å². The smallest absolute Gasteiger partial charge is 0.188 e. The van der Waals surface area contributed by atoms with E-state index in [9.17, 15) is 0 Å². The number of aliphatic imine (C=N–C) groups is 1. The highest BCUT2D eigenvalue weighted by molar-refractivity contribution is 5.80.